The van der Waals surface area contributed by atoms with Gasteiger partial charge in [0.15, 0.2) is 0 Å². The lowest BCUT2D eigenvalue weighted by Gasteiger charge is -2.10. The van der Waals surface area contributed by atoms with Gasteiger partial charge in [0.25, 0.3) is 0 Å². The van der Waals surface area contributed by atoms with Crippen LogP contribution in [-0.2, 0) is 5.33 Å². The molecule has 0 aliphatic carbocycles. The number of hydrogen-bond acceptors (Lipinski definition) is 1. The number of hydrogen-bond donors (Lipinski definition) is 0. The quantitative estimate of drug-likeness (QED) is 0.587. The van der Waals surface area contributed by atoms with Gasteiger partial charge in [-0.25, -0.2) is 4.39 Å². The second-order valence-corrected chi connectivity index (χ2v) is 5.40. The van der Waals surface area contributed by atoms with Crippen molar-refractivity contribution >= 4 is 43.5 Å². The Morgan fingerprint density at radius 1 is 1.11 bits per heavy atom. The molecule has 0 heterocycles. The van der Waals surface area contributed by atoms with Gasteiger partial charge in [-0.3, -0.25) is 0 Å². The van der Waals surface area contributed by atoms with Crippen LogP contribution in [0.2, 0.25) is 5.02 Å². The zero-order valence-corrected chi connectivity index (χ0v) is 13.0. The summed E-state index contributed by atoms with van der Waals surface area (Å²) >= 11 is 12.7. The first-order chi connectivity index (χ1) is 8.60. The molecule has 0 bridgehead atoms. The fraction of sp³-hybridized carbons (Fsp3) is 0.0769. The summed E-state index contributed by atoms with van der Waals surface area (Å²) in [4.78, 5) is 0. The van der Waals surface area contributed by atoms with Crippen molar-refractivity contribution in [1.82, 2.24) is 0 Å². The van der Waals surface area contributed by atoms with E-state index in [9.17, 15) is 4.39 Å². The van der Waals surface area contributed by atoms with E-state index in [0.29, 0.717) is 21.0 Å². The van der Waals surface area contributed by atoms with Gasteiger partial charge in [-0.1, -0.05) is 33.6 Å². The smallest absolute Gasteiger partial charge is 0.146 e. The molecular formula is C13H8Br2ClFO. The molecule has 0 aliphatic heterocycles. The van der Waals surface area contributed by atoms with Gasteiger partial charge < -0.3 is 4.74 Å². The second kappa shape index (κ2) is 6.04. The summed E-state index contributed by atoms with van der Waals surface area (Å²) in [6.07, 6.45) is 0. The number of ether oxygens (including phenoxy) is 1. The van der Waals surface area contributed by atoms with Gasteiger partial charge in [0, 0.05) is 11.4 Å². The Morgan fingerprint density at radius 3 is 2.56 bits per heavy atom. The Bertz CT molecular complexity index is 575. The summed E-state index contributed by atoms with van der Waals surface area (Å²) in [5.74, 6) is 0.526. The van der Waals surface area contributed by atoms with Crippen LogP contribution in [0.5, 0.6) is 11.5 Å². The Labute approximate surface area is 126 Å². The molecule has 0 radical (unpaired) electrons. The van der Waals surface area contributed by atoms with Crippen LogP contribution in [0, 0.1) is 5.82 Å². The van der Waals surface area contributed by atoms with Crippen LogP contribution < -0.4 is 4.74 Å². The highest BCUT2D eigenvalue weighted by atomic mass is 79.9. The predicted molar refractivity (Wildman–Crippen MR) is 78.3 cm³/mol. The minimum atomic E-state index is -0.360. The molecule has 2 rings (SSSR count). The Kier molecular flexibility index (Phi) is 4.65. The third-order valence-electron chi connectivity index (χ3n) is 2.26. The number of benzene rings is 2. The normalized spacial score (nSPS) is 10.4. The highest BCUT2D eigenvalue weighted by molar-refractivity contribution is 9.10. The van der Waals surface area contributed by atoms with Crippen LogP contribution in [0.3, 0.4) is 0 Å². The summed E-state index contributed by atoms with van der Waals surface area (Å²) in [6.45, 7) is 0. The van der Waals surface area contributed by atoms with Crippen LogP contribution >= 0.6 is 43.5 Å². The lowest BCUT2D eigenvalue weighted by atomic mass is 10.2. The lowest BCUT2D eigenvalue weighted by molar-refractivity contribution is 0.474. The lowest BCUT2D eigenvalue weighted by Crippen LogP contribution is -1.89. The first-order valence-corrected chi connectivity index (χ1v) is 7.36. The van der Waals surface area contributed by atoms with Crippen molar-refractivity contribution < 1.29 is 9.13 Å². The molecule has 0 spiro atoms. The standard InChI is InChI=1S/C13H8Br2ClFO/c14-7-8-1-4-12(11(16)5-8)18-13-6-9(17)2-3-10(13)15/h1-6H,7H2. The maximum atomic E-state index is 13.1. The molecule has 0 atom stereocenters. The van der Waals surface area contributed by atoms with Crippen molar-refractivity contribution in [3.05, 3.63) is 57.3 Å². The number of halogens is 4. The molecule has 2 aromatic carbocycles. The van der Waals surface area contributed by atoms with Crippen LogP contribution in [0.4, 0.5) is 4.39 Å². The molecule has 0 aliphatic rings. The van der Waals surface area contributed by atoms with E-state index in [0.717, 1.165) is 10.9 Å². The summed E-state index contributed by atoms with van der Waals surface area (Å²) in [5.41, 5.74) is 1.05. The van der Waals surface area contributed by atoms with E-state index in [4.69, 9.17) is 16.3 Å². The van der Waals surface area contributed by atoms with E-state index < -0.39 is 0 Å². The Morgan fingerprint density at radius 2 is 1.89 bits per heavy atom. The SMILES string of the molecule is Fc1ccc(Br)c(Oc2ccc(CBr)cc2Cl)c1. The minimum Gasteiger partial charge on any atom is -0.455 e. The molecule has 5 heteroatoms. The van der Waals surface area contributed by atoms with E-state index >= 15 is 0 Å². The van der Waals surface area contributed by atoms with Gasteiger partial charge >= 0.3 is 0 Å². The topological polar surface area (TPSA) is 9.23 Å². The van der Waals surface area contributed by atoms with E-state index in [-0.39, 0.29) is 5.82 Å². The van der Waals surface area contributed by atoms with E-state index in [1.54, 1.807) is 18.2 Å². The molecule has 0 amide bonds. The summed E-state index contributed by atoms with van der Waals surface area (Å²) in [6, 6.07) is 9.70. The van der Waals surface area contributed by atoms with E-state index in [1.807, 2.05) is 6.07 Å². The third-order valence-corrected chi connectivity index (χ3v) is 3.86. The highest BCUT2D eigenvalue weighted by Crippen LogP contribution is 2.34. The third kappa shape index (κ3) is 3.25. The van der Waals surface area contributed by atoms with E-state index in [1.165, 1.54) is 12.1 Å². The van der Waals surface area contributed by atoms with Crippen molar-refractivity contribution in [2.45, 2.75) is 5.33 Å². The molecule has 1 nitrogen and oxygen atoms in total. The summed E-state index contributed by atoms with van der Waals surface area (Å²) < 4.78 is 19.4. The zero-order chi connectivity index (χ0) is 13.1. The van der Waals surface area contributed by atoms with Crippen molar-refractivity contribution in [1.29, 1.82) is 0 Å². The molecule has 0 fully saturated rings. The van der Waals surface area contributed by atoms with E-state index in [2.05, 4.69) is 31.9 Å². The number of alkyl halides is 1. The van der Waals surface area contributed by atoms with Crippen LogP contribution in [-0.4, -0.2) is 0 Å². The molecule has 18 heavy (non-hydrogen) atoms. The average molecular weight is 394 g/mol. The van der Waals surface area contributed by atoms with Crippen molar-refractivity contribution in [3.63, 3.8) is 0 Å². The maximum absolute atomic E-state index is 13.1. The van der Waals surface area contributed by atoms with Gasteiger partial charge in [0.1, 0.15) is 17.3 Å². The Hall–Kier alpha value is -0.580. The molecule has 94 valence electrons. The Balaban J connectivity index is 2.31. The summed E-state index contributed by atoms with van der Waals surface area (Å²) in [5, 5.41) is 1.21. The second-order valence-electron chi connectivity index (χ2n) is 3.58. The van der Waals surface area contributed by atoms with Crippen molar-refractivity contribution in [2.24, 2.45) is 0 Å². The first-order valence-electron chi connectivity index (χ1n) is 5.07. The van der Waals surface area contributed by atoms with Gasteiger partial charge in [0.2, 0.25) is 0 Å². The monoisotopic (exact) mass is 392 g/mol. The predicted octanol–water partition coefficient (Wildman–Crippen LogP) is 5.93. The average Bonchev–Trinajstić information content (AvgIpc) is 2.36. The largest absolute Gasteiger partial charge is 0.455 e. The van der Waals surface area contributed by atoms with Crippen LogP contribution in [0.25, 0.3) is 0 Å². The maximum Gasteiger partial charge on any atom is 0.146 e. The minimum absolute atomic E-state index is 0.360. The van der Waals surface area contributed by atoms with Crippen LogP contribution in [0.15, 0.2) is 40.9 Å². The molecule has 0 unspecified atom stereocenters. The number of rotatable bonds is 3. The zero-order valence-electron chi connectivity index (χ0n) is 9.09. The molecule has 2 aromatic rings. The molecule has 0 N–H and O–H groups in total. The summed E-state index contributed by atoms with van der Waals surface area (Å²) in [7, 11) is 0. The molecule has 0 saturated heterocycles. The fourth-order valence-corrected chi connectivity index (χ4v) is 2.30. The van der Waals surface area contributed by atoms with Gasteiger partial charge in [-0.05, 0) is 45.8 Å². The molecule has 0 saturated carbocycles. The first kappa shape index (κ1) is 13.8. The van der Waals surface area contributed by atoms with Gasteiger partial charge in [0.05, 0.1) is 9.50 Å². The molecular weight excluding hydrogens is 386 g/mol. The highest BCUT2D eigenvalue weighted by Gasteiger charge is 2.08. The van der Waals surface area contributed by atoms with Crippen molar-refractivity contribution in [2.75, 3.05) is 0 Å². The van der Waals surface area contributed by atoms with Crippen LogP contribution in [0.1, 0.15) is 5.56 Å². The van der Waals surface area contributed by atoms with Gasteiger partial charge in [-0.15, -0.1) is 0 Å². The molecule has 0 aromatic heterocycles. The van der Waals surface area contributed by atoms with Gasteiger partial charge in [-0.2, -0.15) is 0 Å². The van der Waals surface area contributed by atoms with Crippen molar-refractivity contribution in [3.8, 4) is 11.5 Å². The fourth-order valence-electron chi connectivity index (χ4n) is 1.38.